The fourth-order valence-corrected chi connectivity index (χ4v) is 4.00. The monoisotopic (exact) mass is 536 g/mol. The van der Waals surface area contributed by atoms with Gasteiger partial charge in [0.1, 0.15) is 17.5 Å². The summed E-state index contributed by atoms with van der Waals surface area (Å²) in [6.07, 6.45) is 3.15. The highest BCUT2D eigenvalue weighted by molar-refractivity contribution is 9.10. The number of ether oxygens (including phenoxy) is 1. The van der Waals surface area contributed by atoms with Gasteiger partial charge in [-0.1, -0.05) is 39.7 Å². The molecule has 0 saturated heterocycles. The Hall–Kier alpha value is -3.42. The van der Waals surface area contributed by atoms with Crippen LogP contribution < -0.4 is 10.2 Å². The number of hydrogen-bond acceptors (Lipinski definition) is 4. The van der Waals surface area contributed by atoms with Crippen molar-refractivity contribution in [3.8, 4) is 11.4 Å². The number of halogens is 2. The van der Waals surface area contributed by atoms with E-state index in [9.17, 15) is 4.79 Å². The maximum atomic E-state index is 12.3. The molecule has 6 nitrogen and oxygen atoms in total. The number of hydrogen-bond donors (Lipinski definition) is 1. The molecule has 4 aromatic rings. The van der Waals surface area contributed by atoms with Gasteiger partial charge in [0.05, 0.1) is 11.8 Å². The van der Waals surface area contributed by atoms with Crippen molar-refractivity contribution in [3.05, 3.63) is 111 Å². The van der Waals surface area contributed by atoms with Crippen LogP contribution in [0.3, 0.4) is 0 Å². The number of rotatable bonds is 7. The molecule has 0 radical (unpaired) electrons. The summed E-state index contributed by atoms with van der Waals surface area (Å²) in [4.78, 5) is 16.2. The molecule has 8 heteroatoms. The number of hydrazone groups is 1. The minimum atomic E-state index is -0.415. The third-order valence-corrected chi connectivity index (χ3v) is 6.09. The molecule has 1 amide bonds. The fourth-order valence-electron chi connectivity index (χ4n) is 3.53. The van der Waals surface area contributed by atoms with Gasteiger partial charge in [-0.25, -0.2) is 10.4 Å². The molecule has 0 spiro atoms. The van der Waals surface area contributed by atoms with Crippen molar-refractivity contribution in [1.82, 2.24) is 15.0 Å². The Balaban J connectivity index is 1.43. The van der Waals surface area contributed by atoms with E-state index in [-0.39, 0.29) is 10.7 Å². The average Bonchev–Trinajstić information content (AvgIpc) is 3.12. The normalized spacial score (nSPS) is 11.1. The van der Waals surface area contributed by atoms with Gasteiger partial charge in [-0.05, 0) is 74.0 Å². The van der Waals surface area contributed by atoms with E-state index in [2.05, 4.69) is 36.0 Å². The van der Waals surface area contributed by atoms with Crippen LogP contribution in [-0.2, 0) is 6.61 Å². The van der Waals surface area contributed by atoms with Crippen LogP contribution in [0.2, 0.25) is 5.15 Å². The van der Waals surface area contributed by atoms with Crippen LogP contribution in [-0.4, -0.2) is 21.7 Å². The number of aryl methyl sites for hydroxylation is 1. The molecule has 2 aromatic heterocycles. The van der Waals surface area contributed by atoms with Gasteiger partial charge in [0.15, 0.2) is 0 Å². The summed E-state index contributed by atoms with van der Waals surface area (Å²) in [6.45, 7) is 4.53. The molecule has 4 rings (SSSR count). The summed E-state index contributed by atoms with van der Waals surface area (Å²) >= 11 is 9.40. The molecule has 0 aliphatic heterocycles. The molecule has 0 saturated carbocycles. The zero-order valence-corrected chi connectivity index (χ0v) is 21.0. The summed E-state index contributed by atoms with van der Waals surface area (Å²) in [5, 5.41) is 4.23. The van der Waals surface area contributed by atoms with Crippen molar-refractivity contribution in [2.45, 2.75) is 20.5 Å². The highest BCUT2D eigenvalue weighted by atomic mass is 79.9. The largest absolute Gasteiger partial charge is 0.489 e. The molecular weight excluding hydrogens is 516 g/mol. The number of benzene rings is 2. The first-order valence-corrected chi connectivity index (χ1v) is 11.7. The van der Waals surface area contributed by atoms with Gasteiger partial charge >= 0.3 is 0 Å². The third-order valence-electron chi connectivity index (χ3n) is 5.26. The van der Waals surface area contributed by atoms with E-state index in [1.54, 1.807) is 18.3 Å². The minimum Gasteiger partial charge on any atom is -0.489 e. The Labute approximate surface area is 211 Å². The fraction of sp³-hybridized carbons (Fsp3) is 0.115. The summed E-state index contributed by atoms with van der Waals surface area (Å²) in [6, 6.07) is 21.3. The van der Waals surface area contributed by atoms with Crippen LogP contribution in [0, 0.1) is 13.8 Å². The van der Waals surface area contributed by atoms with E-state index < -0.39 is 5.91 Å². The summed E-state index contributed by atoms with van der Waals surface area (Å²) in [5.41, 5.74) is 7.82. The molecule has 1 N–H and O–H groups in total. The Bertz CT molecular complexity index is 1330. The lowest BCUT2D eigenvalue weighted by molar-refractivity contribution is 0.0955. The van der Waals surface area contributed by atoms with Gasteiger partial charge in [-0.15, -0.1) is 0 Å². The number of carbonyl (C=O) groups excluding carboxylic acids is 1. The van der Waals surface area contributed by atoms with Gasteiger partial charge in [-0.3, -0.25) is 4.79 Å². The first-order valence-electron chi connectivity index (χ1n) is 10.5. The first-order chi connectivity index (χ1) is 16.4. The molecule has 0 fully saturated rings. The van der Waals surface area contributed by atoms with Crippen LogP contribution in [0.5, 0.6) is 5.75 Å². The Morgan fingerprint density at radius 3 is 2.59 bits per heavy atom. The summed E-state index contributed by atoms with van der Waals surface area (Å²) in [7, 11) is 0. The van der Waals surface area contributed by atoms with Gasteiger partial charge < -0.3 is 9.30 Å². The topological polar surface area (TPSA) is 68.5 Å². The van der Waals surface area contributed by atoms with E-state index in [4.69, 9.17) is 16.3 Å². The number of aromatic nitrogens is 2. The lowest BCUT2D eigenvalue weighted by Gasteiger charge is -2.11. The van der Waals surface area contributed by atoms with E-state index in [0.29, 0.717) is 6.61 Å². The maximum Gasteiger partial charge on any atom is 0.274 e. The second kappa shape index (κ2) is 10.7. The Morgan fingerprint density at radius 1 is 1.15 bits per heavy atom. The van der Waals surface area contributed by atoms with E-state index >= 15 is 0 Å². The van der Waals surface area contributed by atoms with Crippen LogP contribution in [0.25, 0.3) is 5.69 Å². The molecule has 0 unspecified atom stereocenters. The Kier molecular flexibility index (Phi) is 7.45. The Morgan fingerprint density at radius 2 is 1.88 bits per heavy atom. The van der Waals surface area contributed by atoms with Crippen molar-refractivity contribution < 1.29 is 9.53 Å². The highest BCUT2D eigenvalue weighted by Gasteiger charge is 2.11. The average molecular weight is 538 g/mol. The molecule has 172 valence electrons. The van der Waals surface area contributed by atoms with Crippen molar-refractivity contribution in [1.29, 1.82) is 0 Å². The number of nitrogens with zero attached hydrogens (tertiary/aromatic N) is 3. The SMILES string of the molecule is Cc1cc(C=NNC(=O)c2cccnc2Cl)c(C)n1-c1ccc(OCc2ccc(Br)cc2)cc1. The predicted molar refractivity (Wildman–Crippen MR) is 138 cm³/mol. The highest BCUT2D eigenvalue weighted by Crippen LogP contribution is 2.23. The molecular formula is C26H22BrClN4O2. The molecule has 0 atom stereocenters. The van der Waals surface area contributed by atoms with Gasteiger partial charge in [-0.2, -0.15) is 5.10 Å². The zero-order valence-electron chi connectivity index (χ0n) is 18.6. The van der Waals surface area contributed by atoms with E-state index in [0.717, 1.165) is 38.4 Å². The van der Waals surface area contributed by atoms with Crippen LogP contribution in [0.15, 0.2) is 82.5 Å². The number of amides is 1. The third kappa shape index (κ3) is 5.55. The number of pyridine rings is 1. The smallest absolute Gasteiger partial charge is 0.274 e. The summed E-state index contributed by atoms with van der Waals surface area (Å²) < 4.78 is 9.08. The molecule has 34 heavy (non-hydrogen) atoms. The van der Waals surface area contributed by atoms with Crippen LogP contribution >= 0.6 is 27.5 Å². The van der Waals surface area contributed by atoms with Crippen molar-refractivity contribution in [2.75, 3.05) is 0 Å². The predicted octanol–water partition coefficient (Wildman–Crippen LogP) is 6.25. The van der Waals surface area contributed by atoms with Crippen molar-refractivity contribution in [3.63, 3.8) is 0 Å². The van der Waals surface area contributed by atoms with E-state index in [1.165, 1.54) is 6.20 Å². The first kappa shape index (κ1) is 23.7. The molecule has 0 bridgehead atoms. The van der Waals surface area contributed by atoms with Gasteiger partial charge in [0, 0.05) is 33.3 Å². The summed E-state index contributed by atoms with van der Waals surface area (Å²) in [5.74, 6) is 0.384. The maximum absolute atomic E-state index is 12.3. The number of nitrogens with one attached hydrogen (secondary N) is 1. The molecule has 2 heterocycles. The molecule has 2 aromatic carbocycles. The lowest BCUT2D eigenvalue weighted by Crippen LogP contribution is -2.18. The second-order valence-corrected chi connectivity index (χ2v) is 8.89. The van der Waals surface area contributed by atoms with E-state index in [1.807, 2.05) is 68.4 Å². The second-order valence-electron chi connectivity index (χ2n) is 7.61. The van der Waals surface area contributed by atoms with Crippen LogP contribution in [0.1, 0.15) is 32.9 Å². The van der Waals surface area contributed by atoms with Crippen molar-refractivity contribution >= 4 is 39.7 Å². The minimum absolute atomic E-state index is 0.137. The molecule has 0 aliphatic rings. The van der Waals surface area contributed by atoms with Gasteiger partial charge in [0.25, 0.3) is 5.91 Å². The quantitative estimate of drug-likeness (QED) is 0.172. The van der Waals surface area contributed by atoms with Crippen molar-refractivity contribution in [2.24, 2.45) is 5.10 Å². The lowest BCUT2D eigenvalue weighted by atomic mass is 10.2. The standard InChI is InChI=1S/C26H22BrClN4O2/c1-17-14-20(15-30-31-26(33)24-4-3-13-29-25(24)28)18(2)32(17)22-9-11-23(12-10-22)34-16-19-5-7-21(27)8-6-19/h3-15H,16H2,1-2H3,(H,31,33). The molecule has 0 aliphatic carbocycles. The van der Waals surface area contributed by atoms with Gasteiger partial charge in [0.2, 0.25) is 0 Å². The van der Waals surface area contributed by atoms with Crippen LogP contribution in [0.4, 0.5) is 0 Å². The number of carbonyl (C=O) groups is 1. The zero-order chi connectivity index (χ0) is 24.1.